The molecule has 0 saturated heterocycles. The molecule has 0 aromatic heterocycles. The summed E-state index contributed by atoms with van der Waals surface area (Å²) in [6.07, 6.45) is -0.989. The van der Waals surface area contributed by atoms with Crippen molar-refractivity contribution in [2.75, 3.05) is 5.32 Å². The zero-order valence-electron chi connectivity index (χ0n) is 13.3. The number of carbonyl (C=O) groups excluding carboxylic acids is 2. The Morgan fingerprint density at radius 1 is 1.16 bits per heavy atom. The van der Waals surface area contributed by atoms with E-state index in [1.54, 1.807) is 42.5 Å². The Morgan fingerprint density at radius 2 is 1.84 bits per heavy atom. The molecule has 25 heavy (non-hydrogen) atoms. The minimum Gasteiger partial charge on any atom is -0.452 e. The lowest BCUT2D eigenvalue weighted by Gasteiger charge is -2.13. The van der Waals surface area contributed by atoms with E-state index in [1.807, 2.05) is 6.07 Å². The Labute approximate surface area is 155 Å². The molecule has 128 valence electrons. The molecule has 0 fully saturated rings. The molecule has 0 heterocycles. The van der Waals surface area contributed by atoms with Crippen LogP contribution in [0.15, 0.2) is 42.5 Å². The molecule has 5 nitrogen and oxygen atoms in total. The van der Waals surface area contributed by atoms with Crippen LogP contribution in [0.25, 0.3) is 0 Å². The molecule has 0 aliphatic heterocycles. The first-order valence-electron chi connectivity index (χ1n) is 7.33. The molecule has 2 rings (SSSR count). The standard InChI is InChI=1S/C18H14Cl2N2O3/c1-11(18(24)22-14-5-2-12(10-21)3-6-14)25-17(23)9-13-4-7-15(19)16(20)8-13/h2-8,11H,9H2,1H3,(H,22,24). The van der Waals surface area contributed by atoms with E-state index in [2.05, 4.69) is 5.32 Å². The van der Waals surface area contributed by atoms with Gasteiger partial charge in [-0.2, -0.15) is 5.26 Å². The zero-order valence-corrected chi connectivity index (χ0v) is 14.8. The number of benzene rings is 2. The second-order valence-corrected chi connectivity index (χ2v) is 6.05. The summed E-state index contributed by atoms with van der Waals surface area (Å²) in [6, 6.07) is 13.2. The Balaban J connectivity index is 1.89. The molecule has 0 aliphatic rings. The second-order valence-electron chi connectivity index (χ2n) is 5.24. The molecule has 1 amide bonds. The number of halogens is 2. The van der Waals surface area contributed by atoms with E-state index in [9.17, 15) is 9.59 Å². The van der Waals surface area contributed by atoms with Gasteiger partial charge in [0.25, 0.3) is 5.91 Å². The summed E-state index contributed by atoms with van der Waals surface area (Å²) in [5.41, 5.74) is 1.63. The first-order chi connectivity index (χ1) is 11.9. The molecule has 7 heteroatoms. The quantitative estimate of drug-likeness (QED) is 0.800. The topological polar surface area (TPSA) is 79.2 Å². The third kappa shape index (κ3) is 5.49. The van der Waals surface area contributed by atoms with Gasteiger partial charge in [-0.1, -0.05) is 29.3 Å². The lowest BCUT2D eigenvalue weighted by Crippen LogP contribution is -2.30. The molecule has 0 radical (unpaired) electrons. The largest absolute Gasteiger partial charge is 0.452 e. The van der Waals surface area contributed by atoms with Crippen molar-refractivity contribution in [2.24, 2.45) is 0 Å². The van der Waals surface area contributed by atoms with Crippen LogP contribution in [0.3, 0.4) is 0 Å². The fourth-order valence-corrected chi connectivity index (χ4v) is 2.30. The van der Waals surface area contributed by atoms with Crippen molar-refractivity contribution in [2.45, 2.75) is 19.4 Å². The Bertz CT molecular complexity index is 829. The first kappa shape index (κ1) is 18.8. The van der Waals surface area contributed by atoms with Crippen molar-refractivity contribution < 1.29 is 14.3 Å². The highest BCUT2D eigenvalue weighted by molar-refractivity contribution is 6.42. The number of rotatable bonds is 5. The number of ether oxygens (including phenoxy) is 1. The highest BCUT2D eigenvalue weighted by Crippen LogP contribution is 2.23. The van der Waals surface area contributed by atoms with E-state index in [0.29, 0.717) is 26.9 Å². The normalized spacial score (nSPS) is 11.3. The van der Waals surface area contributed by atoms with Gasteiger partial charge in [0.05, 0.1) is 28.1 Å². The summed E-state index contributed by atoms with van der Waals surface area (Å²) in [5, 5.41) is 12.1. The maximum Gasteiger partial charge on any atom is 0.311 e. The van der Waals surface area contributed by atoms with Gasteiger partial charge in [0.2, 0.25) is 0 Å². The molecule has 0 bridgehead atoms. The van der Waals surface area contributed by atoms with Gasteiger partial charge in [0.15, 0.2) is 6.10 Å². The molecule has 2 aromatic carbocycles. The van der Waals surface area contributed by atoms with Crippen molar-refractivity contribution in [3.8, 4) is 6.07 Å². The van der Waals surface area contributed by atoms with E-state index >= 15 is 0 Å². The highest BCUT2D eigenvalue weighted by Gasteiger charge is 2.18. The van der Waals surface area contributed by atoms with Gasteiger partial charge in [0, 0.05) is 5.69 Å². The Kier molecular flexibility index (Phi) is 6.40. The molecule has 0 saturated carbocycles. The number of hydrogen-bond donors (Lipinski definition) is 1. The number of nitrogens with zero attached hydrogens (tertiary/aromatic N) is 1. The molecule has 0 aliphatic carbocycles. The highest BCUT2D eigenvalue weighted by atomic mass is 35.5. The van der Waals surface area contributed by atoms with Gasteiger partial charge in [0.1, 0.15) is 0 Å². The summed E-state index contributed by atoms with van der Waals surface area (Å²) in [6.45, 7) is 1.48. The second kappa shape index (κ2) is 8.52. The van der Waals surface area contributed by atoms with Gasteiger partial charge in [-0.3, -0.25) is 9.59 Å². The maximum absolute atomic E-state index is 12.1. The average molecular weight is 377 g/mol. The van der Waals surface area contributed by atoms with Crippen molar-refractivity contribution in [1.29, 1.82) is 5.26 Å². The van der Waals surface area contributed by atoms with Crippen LogP contribution >= 0.6 is 23.2 Å². The fraction of sp³-hybridized carbons (Fsp3) is 0.167. The number of amides is 1. The van der Waals surface area contributed by atoms with Crippen molar-refractivity contribution in [3.05, 3.63) is 63.6 Å². The lowest BCUT2D eigenvalue weighted by molar-refractivity contribution is -0.152. The van der Waals surface area contributed by atoms with Crippen LogP contribution < -0.4 is 5.32 Å². The van der Waals surface area contributed by atoms with E-state index in [1.165, 1.54) is 6.92 Å². The van der Waals surface area contributed by atoms with E-state index in [0.717, 1.165) is 0 Å². The van der Waals surface area contributed by atoms with E-state index in [4.69, 9.17) is 33.2 Å². The summed E-state index contributed by atoms with van der Waals surface area (Å²) in [4.78, 5) is 24.0. The molecular formula is C18H14Cl2N2O3. The predicted octanol–water partition coefficient (Wildman–Crippen LogP) is 3.98. The molecule has 2 aromatic rings. The number of esters is 1. The van der Waals surface area contributed by atoms with Gasteiger partial charge >= 0.3 is 5.97 Å². The smallest absolute Gasteiger partial charge is 0.311 e. The molecule has 1 atom stereocenters. The van der Waals surface area contributed by atoms with Crippen molar-refractivity contribution in [3.63, 3.8) is 0 Å². The molecular weight excluding hydrogens is 363 g/mol. The van der Waals surface area contributed by atoms with Crippen LogP contribution in [0, 0.1) is 11.3 Å². The minimum atomic E-state index is -0.967. The van der Waals surface area contributed by atoms with E-state index < -0.39 is 18.0 Å². The third-order valence-electron chi connectivity index (χ3n) is 3.29. The summed E-state index contributed by atoms with van der Waals surface area (Å²) >= 11 is 11.7. The van der Waals surface area contributed by atoms with Crippen molar-refractivity contribution in [1.82, 2.24) is 0 Å². The summed E-state index contributed by atoms with van der Waals surface area (Å²) in [5.74, 6) is -1.02. The number of carbonyl (C=O) groups is 2. The van der Waals surface area contributed by atoms with Crippen LogP contribution in [-0.2, 0) is 20.7 Å². The van der Waals surface area contributed by atoms with Gasteiger partial charge in [-0.25, -0.2) is 0 Å². The fourth-order valence-electron chi connectivity index (χ4n) is 1.98. The first-order valence-corrected chi connectivity index (χ1v) is 8.09. The Hall–Kier alpha value is -2.55. The summed E-state index contributed by atoms with van der Waals surface area (Å²) < 4.78 is 5.12. The maximum atomic E-state index is 12.1. The molecule has 1 unspecified atom stereocenters. The van der Waals surface area contributed by atoms with Gasteiger partial charge in [-0.05, 0) is 48.9 Å². The number of hydrogen-bond acceptors (Lipinski definition) is 4. The number of nitrogens with one attached hydrogen (secondary N) is 1. The monoisotopic (exact) mass is 376 g/mol. The van der Waals surface area contributed by atoms with Crippen molar-refractivity contribution >= 4 is 40.8 Å². The SMILES string of the molecule is CC(OC(=O)Cc1ccc(Cl)c(Cl)c1)C(=O)Nc1ccc(C#N)cc1. The molecule has 0 spiro atoms. The van der Waals surface area contributed by atoms with Crippen LogP contribution in [0.1, 0.15) is 18.1 Å². The van der Waals surface area contributed by atoms with E-state index in [-0.39, 0.29) is 6.42 Å². The molecule has 1 N–H and O–H groups in total. The van der Waals surface area contributed by atoms with Crippen LogP contribution in [0.4, 0.5) is 5.69 Å². The Morgan fingerprint density at radius 3 is 2.44 bits per heavy atom. The van der Waals surface area contributed by atoms with Gasteiger partial charge in [-0.15, -0.1) is 0 Å². The summed E-state index contributed by atoms with van der Waals surface area (Å²) in [7, 11) is 0. The minimum absolute atomic E-state index is 0.0224. The van der Waals surface area contributed by atoms with Crippen LogP contribution in [0.5, 0.6) is 0 Å². The predicted molar refractivity (Wildman–Crippen MR) is 95.5 cm³/mol. The lowest BCUT2D eigenvalue weighted by atomic mass is 10.1. The zero-order chi connectivity index (χ0) is 18.4. The third-order valence-corrected chi connectivity index (χ3v) is 4.03. The van der Waals surface area contributed by atoms with Crippen LogP contribution in [0.2, 0.25) is 10.0 Å². The van der Waals surface area contributed by atoms with Gasteiger partial charge < -0.3 is 10.1 Å². The number of nitriles is 1. The van der Waals surface area contributed by atoms with Crippen LogP contribution in [-0.4, -0.2) is 18.0 Å². The number of anilines is 1. The average Bonchev–Trinajstić information content (AvgIpc) is 2.58.